The highest BCUT2D eigenvalue weighted by Crippen LogP contribution is 2.31. The Labute approximate surface area is 205 Å². The van der Waals surface area contributed by atoms with Crippen LogP contribution in [0.25, 0.3) is 10.8 Å². The highest BCUT2D eigenvalue weighted by molar-refractivity contribution is 6.05. The van der Waals surface area contributed by atoms with Gasteiger partial charge in [0.05, 0.1) is 5.56 Å². The van der Waals surface area contributed by atoms with E-state index in [2.05, 4.69) is 10.6 Å². The number of carbonyl (C=O) groups excluding carboxylic acids is 3. The number of aromatic hydroxyl groups is 1. The number of hydrogen-bond donors (Lipinski definition) is 3. The molecule has 0 bridgehead atoms. The smallest absolute Gasteiger partial charge is 0.258 e. The van der Waals surface area contributed by atoms with E-state index in [9.17, 15) is 19.5 Å². The van der Waals surface area contributed by atoms with Crippen molar-refractivity contribution in [3.05, 3.63) is 77.4 Å². The fraction of sp³-hybridized carbons (Fsp3) is 0.321. The molecule has 0 aromatic heterocycles. The monoisotopic (exact) mass is 473 g/mol. The molecule has 7 heteroatoms. The molecule has 3 aromatic carbocycles. The normalized spacial score (nSPS) is 16.2. The first kappa shape index (κ1) is 24.3. The van der Waals surface area contributed by atoms with Crippen LogP contribution in [0, 0.1) is 0 Å². The van der Waals surface area contributed by atoms with Crippen molar-refractivity contribution >= 4 is 28.5 Å². The molecule has 3 N–H and O–H groups in total. The second-order valence-corrected chi connectivity index (χ2v) is 9.04. The molecule has 182 valence electrons. The number of nitrogens with zero attached hydrogens (tertiary/aromatic N) is 1. The fourth-order valence-corrected chi connectivity index (χ4v) is 4.40. The lowest BCUT2D eigenvalue weighted by atomic mass is 10.0. The number of phenols is 1. The maximum absolute atomic E-state index is 13.3. The largest absolute Gasteiger partial charge is 0.506 e. The SMILES string of the molecule is CCC(C)NC(=O)c1cccc(CNC(=O)C2CCCN2C(=O)c2ccc3ccccc3c2O)c1. The molecule has 0 saturated carbocycles. The van der Waals surface area contributed by atoms with Crippen molar-refractivity contribution in [2.45, 2.75) is 51.7 Å². The maximum Gasteiger partial charge on any atom is 0.258 e. The summed E-state index contributed by atoms with van der Waals surface area (Å²) < 4.78 is 0. The zero-order chi connectivity index (χ0) is 24.9. The fourth-order valence-electron chi connectivity index (χ4n) is 4.40. The van der Waals surface area contributed by atoms with Crippen LogP contribution in [0.4, 0.5) is 0 Å². The highest BCUT2D eigenvalue weighted by Gasteiger charge is 2.35. The van der Waals surface area contributed by atoms with Crippen molar-refractivity contribution in [2.24, 2.45) is 0 Å². The van der Waals surface area contributed by atoms with E-state index in [1.54, 1.807) is 36.4 Å². The summed E-state index contributed by atoms with van der Waals surface area (Å²) >= 11 is 0. The second kappa shape index (κ2) is 10.6. The van der Waals surface area contributed by atoms with E-state index in [0.717, 1.165) is 17.4 Å². The van der Waals surface area contributed by atoms with Crippen molar-refractivity contribution in [1.82, 2.24) is 15.5 Å². The minimum atomic E-state index is -0.606. The van der Waals surface area contributed by atoms with Crippen molar-refractivity contribution in [1.29, 1.82) is 0 Å². The van der Waals surface area contributed by atoms with Gasteiger partial charge in [-0.15, -0.1) is 0 Å². The molecule has 3 amide bonds. The van der Waals surface area contributed by atoms with Gasteiger partial charge in [-0.2, -0.15) is 0 Å². The predicted octanol–water partition coefficient (Wildman–Crippen LogP) is 3.99. The maximum atomic E-state index is 13.3. The van der Waals surface area contributed by atoms with Crippen molar-refractivity contribution in [3.8, 4) is 5.75 Å². The van der Waals surface area contributed by atoms with Crippen molar-refractivity contribution < 1.29 is 19.5 Å². The number of phenolic OH excluding ortho intramolecular Hbond substituents is 1. The summed E-state index contributed by atoms with van der Waals surface area (Å²) in [4.78, 5) is 40.2. The molecule has 0 spiro atoms. The lowest BCUT2D eigenvalue weighted by Crippen LogP contribution is -2.45. The summed E-state index contributed by atoms with van der Waals surface area (Å²) in [5.74, 6) is -0.804. The van der Waals surface area contributed by atoms with Crippen LogP contribution in [0.5, 0.6) is 5.75 Å². The average Bonchev–Trinajstić information content (AvgIpc) is 3.37. The first-order valence-corrected chi connectivity index (χ1v) is 12.1. The summed E-state index contributed by atoms with van der Waals surface area (Å²) in [5.41, 5.74) is 1.54. The Morgan fingerprint density at radius 3 is 2.69 bits per heavy atom. The van der Waals surface area contributed by atoms with Gasteiger partial charge in [0.15, 0.2) is 0 Å². The number of amides is 3. The molecule has 1 aliphatic heterocycles. The molecule has 4 rings (SSSR count). The van der Waals surface area contributed by atoms with Crippen LogP contribution in [0.3, 0.4) is 0 Å². The van der Waals surface area contributed by atoms with Gasteiger partial charge in [-0.1, -0.05) is 49.4 Å². The molecular weight excluding hydrogens is 442 g/mol. The Kier molecular flexibility index (Phi) is 7.34. The van der Waals surface area contributed by atoms with Crippen LogP contribution in [-0.2, 0) is 11.3 Å². The van der Waals surface area contributed by atoms with Gasteiger partial charge in [0.25, 0.3) is 11.8 Å². The Morgan fingerprint density at radius 2 is 1.89 bits per heavy atom. The molecule has 0 radical (unpaired) electrons. The zero-order valence-corrected chi connectivity index (χ0v) is 20.1. The molecule has 35 heavy (non-hydrogen) atoms. The van der Waals surface area contributed by atoms with Crippen LogP contribution < -0.4 is 10.6 Å². The zero-order valence-electron chi connectivity index (χ0n) is 20.1. The third-order valence-electron chi connectivity index (χ3n) is 6.59. The minimum absolute atomic E-state index is 0.0633. The van der Waals surface area contributed by atoms with Crippen LogP contribution >= 0.6 is 0 Å². The van der Waals surface area contributed by atoms with Gasteiger partial charge >= 0.3 is 0 Å². The first-order chi connectivity index (χ1) is 16.9. The molecule has 1 fully saturated rings. The van der Waals surface area contributed by atoms with Gasteiger partial charge in [0.1, 0.15) is 11.8 Å². The number of likely N-dealkylation sites (tertiary alicyclic amines) is 1. The third kappa shape index (κ3) is 5.29. The lowest BCUT2D eigenvalue weighted by molar-refractivity contribution is -0.125. The van der Waals surface area contributed by atoms with Gasteiger partial charge in [0.2, 0.25) is 5.91 Å². The predicted molar refractivity (Wildman–Crippen MR) is 135 cm³/mol. The quantitative estimate of drug-likeness (QED) is 0.483. The third-order valence-corrected chi connectivity index (χ3v) is 6.59. The van der Waals surface area contributed by atoms with Gasteiger partial charge in [-0.05, 0) is 55.3 Å². The molecule has 0 aliphatic carbocycles. The Hall–Kier alpha value is -3.87. The minimum Gasteiger partial charge on any atom is -0.506 e. The summed E-state index contributed by atoms with van der Waals surface area (Å²) in [6.07, 6.45) is 2.11. The van der Waals surface area contributed by atoms with E-state index in [4.69, 9.17) is 0 Å². The standard InChI is InChI=1S/C28H31N3O4/c1-3-18(2)30-26(33)21-10-6-8-19(16-21)17-29-27(34)24-12-7-15-31(24)28(35)23-14-13-20-9-4-5-11-22(20)25(23)32/h4-6,8-11,13-14,16,18,24,32H,3,7,12,15,17H2,1-2H3,(H,29,34)(H,30,33). The molecule has 2 atom stereocenters. The molecule has 1 heterocycles. The summed E-state index contributed by atoms with van der Waals surface area (Å²) in [6.45, 7) is 4.67. The first-order valence-electron chi connectivity index (χ1n) is 12.1. The molecule has 1 saturated heterocycles. The number of nitrogens with one attached hydrogen (secondary N) is 2. The highest BCUT2D eigenvalue weighted by atomic mass is 16.3. The van der Waals surface area contributed by atoms with E-state index in [0.29, 0.717) is 30.3 Å². The van der Waals surface area contributed by atoms with Crippen LogP contribution in [0.1, 0.15) is 59.4 Å². The van der Waals surface area contributed by atoms with Gasteiger partial charge in [-0.3, -0.25) is 14.4 Å². The number of rotatable bonds is 7. The Bertz CT molecular complexity index is 1260. The Balaban J connectivity index is 1.43. The molecule has 7 nitrogen and oxygen atoms in total. The average molecular weight is 474 g/mol. The second-order valence-electron chi connectivity index (χ2n) is 9.04. The molecular formula is C28H31N3O4. The van der Waals surface area contributed by atoms with Crippen LogP contribution in [0.15, 0.2) is 60.7 Å². The van der Waals surface area contributed by atoms with Crippen LogP contribution in [-0.4, -0.2) is 46.4 Å². The number of benzene rings is 3. The number of carbonyl (C=O) groups is 3. The summed E-state index contributed by atoms with van der Waals surface area (Å²) in [7, 11) is 0. The lowest BCUT2D eigenvalue weighted by Gasteiger charge is -2.24. The number of hydrogen-bond acceptors (Lipinski definition) is 4. The van der Waals surface area contributed by atoms with Crippen LogP contribution in [0.2, 0.25) is 0 Å². The van der Waals surface area contributed by atoms with Gasteiger partial charge in [0, 0.05) is 30.1 Å². The van der Waals surface area contributed by atoms with Crippen molar-refractivity contribution in [2.75, 3.05) is 6.54 Å². The number of fused-ring (bicyclic) bond motifs is 1. The molecule has 1 aliphatic rings. The Morgan fingerprint density at radius 1 is 1.09 bits per heavy atom. The summed E-state index contributed by atoms with van der Waals surface area (Å²) in [6, 6.07) is 17.4. The van der Waals surface area contributed by atoms with Gasteiger partial charge in [-0.25, -0.2) is 0 Å². The molecule has 3 aromatic rings. The van der Waals surface area contributed by atoms with E-state index >= 15 is 0 Å². The van der Waals surface area contributed by atoms with Gasteiger partial charge < -0.3 is 20.6 Å². The van der Waals surface area contributed by atoms with Crippen molar-refractivity contribution in [3.63, 3.8) is 0 Å². The van der Waals surface area contributed by atoms with E-state index < -0.39 is 6.04 Å². The van der Waals surface area contributed by atoms with E-state index in [1.807, 2.05) is 38.1 Å². The summed E-state index contributed by atoms with van der Waals surface area (Å²) in [5, 5.41) is 18.0. The molecule has 2 unspecified atom stereocenters. The topological polar surface area (TPSA) is 98.7 Å². The van der Waals surface area contributed by atoms with E-state index in [-0.39, 0.29) is 41.6 Å². The van der Waals surface area contributed by atoms with E-state index in [1.165, 1.54) is 4.90 Å².